The van der Waals surface area contributed by atoms with Crippen LogP contribution in [0.25, 0.3) is 0 Å². The van der Waals surface area contributed by atoms with Gasteiger partial charge >= 0.3 is 6.18 Å². The minimum Gasteiger partial charge on any atom is -0.369 e. The highest BCUT2D eigenvalue weighted by molar-refractivity contribution is 5.42. The number of nitrogens with zero attached hydrogens (tertiary/aromatic N) is 3. The molecule has 0 bridgehead atoms. The number of halogens is 3. The fourth-order valence-corrected chi connectivity index (χ4v) is 1.21. The van der Waals surface area contributed by atoms with E-state index in [1.165, 1.54) is 17.3 Å². The van der Waals surface area contributed by atoms with E-state index in [0.29, 0.717) is 18.2 Å². The number of aromatic nitrogens is 2. The molecule has 0 aliphatic heterocycles. The van der Waals surface area contributed by atoms with Gasteiger partial charge in [0.1, 0.15) is 11.6 Å². The van der Waals surface area contributed by atoms with Crippen molar-refractivity contribution in [1.29, 1.82) is 0 Å². The molecule has 0 fully saturated rings. The SMILES string of the molecule is CCNc1cncc(N(C)CCC(F)(F)F)n1. The van der Waals surface area contributed by atoms with Gasteiger partial charge in [-0.05, 0) is 6.92 Å². The molecule has 0 spiro atoms. The topological polar surface area (TPSA) is 41.1 Å². The zero-order valence-electron chi connectivity index (χ0n) is 9.75. The fourth-order valence-electron chi connectivity index (χ4n) is 1.21. The zero-order chi connectivity index (χ0) is 12.9. The van der Waals surface area contributed by atoms with Crippen LogP contribution in [0.5, 0.6) is 0 Å². The fraction of sp³-hybridized carbons (Fsp3) is 0.600. The van der Waals surface area contributed by atoms with Crippen LogP contribution in [-0.4, -0.2) is 36.3 Å². The summed E-state index contributed by atoms with van der Waals surface area (Å²) in [6.45, 7) is 2.46. The van der Waals surface area contributed by atoms with Crippen molar-refractivity contribution in [3.05, 3.63) is 12.4 Å². The summed E-state index contributed by atoms with van der Waals surface area (Å²) in [7, 11) is 1.56. The maximum Gasteiger partial charge on any atom is 0.390 e. The summed E-state index contributed by atoms with van der Waals surface area (Å²) >= 11 is 0. The van der Waals surface area contributed by atoms with Crippen molar-refractivity contribution in [2.24, 2.45) is 0 Å². The lowest BCUT2D eigenvalue weighted by Crippen LogP contribution is -2.25. The quantitative estimate of drug-likeness (QED) is 0.868. The van der Waals surface area contributed by atoms with Crippen LogP contribution in [0, 0.1) is 0 Å². The van der Waals surface area contributed by atoms with Crippen LogP contribution in [0.1, 0.15) is 13.3 Å². The summed E-state index contributed by atoms with van der Waals surface area (Å²) < 4.78 is 36.2. The van der Waals surface area contributed by atoms with Gasteiger partial charge in [-0.1, -0.05) is 0 Å². The summed E-state index contributed by atoms with van der Waals surface area (Å²) in [6, 6.07) is 0. The molecule has 1 rings (SSSR count). The molecule has 1 aromatic rings. The molecule has 0 atom stereocenters. The third-order valence-electron chi connectivity index (χ3n) is 2.10. The zero-order valence-corrected chi connectivity index (χ0v) is 9.75. The van der Waals surface area contributed by atoms with Gasteiger partial charge in [-0.15, -0.1) is 0 Å². The Kier molecular flexibility index (Phi) is 4.53. The molecule has 0 aliphatic carbocycles. The van der Waals surface area contributed by atoms with Gasteiger partial charge < -0.3 is 10.2 Å². The van der Waals surface area contributed by atoms with Crippen LogP contribution in [0.15, 0.2) is 12.4 Å². The molecule has 0 unspecified atom stereocenters. The first kappa shape index (κ1) is 13.5. The molecule has 0 aromatic carbocycles. The molecule has 1 aromatic heterocycles. The third kappa shape index (κ3) is 4.88. The summed E-state index contributed by atoms with van der Waals surface area (Å²) in [5.41, 5.74) is 0. The highest BCUT2D eigenvalue weighted by Gasteiger charge is 2.27. The van der Waals surface area contributed by atoms with Crippen molar-refractivity contribution >= 4 is 11.6 Å². The van der Waals surface area contributed by atoms with E-state index < -0.39 is 12.6 Å². The Morgan fingerprint density at radius 1 is 1.35 bits per heavy atom. The van der Waals surface area contributed by atoms with E-state index >= 15 is 0 Å². The molecule has 0 saturated carbocycles. The van der Waals surface area contributed by atoms with Crippen LogP contribution >= 0.6 is 0 Å². The smallest absolute Gasteiger partial charge is 0.369 e. The van der Waals surface area contributed by atoms with Gasteiger partial charge in [0.05, 0.1) is 18.8 Å². The standard InChI is InChI=1S/C10H15F3N4/c1-3-15-8-6-14-7-9(16-8)17(2)5-4-10(11,12)13/h6-7H,3-5H2,1-2H3,(H,15,16). The van der Waals surface area contributed by atoms with Crippen LogP contribution in [0.2, 0.25) is 0 Å². The van der Waals surface area contributed by atoms with Crippen molar-refractivity contribution in [3.63, 3.8) is 0 Å². The number of nitrogens with one attached hydrogen (secondary N) is 1. The van der Waals surface area contributed by atoms with Crippen LogP contribution < -0.4 is 10.2 Å². The Labute approximate surface area is 97.9 Å². The second kappa shape index (κ2) is 5.70. The van der Waals surface area contributed by atoms with Crippen LogP contribution in [0.3, 0.4) is 0 Å². The molecule has 1 heterocycles. The van der Waals surface area contributed by atoms with E-state index in [-0.39, 0.29) is 6.54 Å². The van der Waals surface area contributed by atoms with Gasteiger partial charge in [-0.25, -0.2) is 4.98 Å². The third-order valence-corrected chi connectivity index (χ3v) is 2.10. The van der Waals surface area contributed by atoms with Gasteiger partial charge in [0.15, 0.2) is 0 Å². The monoisotopic (exact) mass is 248 g/mol. The molecule has 4 nitrogen and oxygen atoms in total. The molecule has 1 N–H and O–H groups in total. The van der Waals surface area contributed by atoms with E-state index in [1.807, 2.05) is 6.92 Å². The Bertz CT molecular complexity index is 354. The lowest BCUT2D eigenvalue weighted by atomic mass is 10.4. The Balaban J connectivity index is 2.62. The van der Waals surface area contributed by atoms with Crippen LogP contribution in [0.4, 0.5) is 24.8 Å². The van der Waals surface area contributed by atoms with E-state index in [9.17, 15) is 13.2 Å². The summed E-state index contributed by atoms with van der Waals surface area (Å²) in [5.74, 6) is 0.983. The predicted octanol–water partition coefficient (Wildman–Crippen LogP) is 2.30. The average Bonchev–Trinajstić information content (AvgIpc) is 2.26. The lowest BCUT2D eigenvalue weighted by molar-refractivity contribution is -0.132. The van der Waals surface area contributed by atoms with Gasteiger partial charge in [-0.2, -0.15) is 13.2 Å². The number of hydrogen-bond donors (Lipinski definition) is 1. The minimum atomic E-state index is -4.15. The predicted molar refractivity (Wildman–Crippen MR) is 60.1 cm³/mol. The molecule has 0 aliphatic rings. The van der Waals surface area contributed by atoms with Gasteiger partial charge in [0.25, 0.3) is 0 Å². The highest BCUT2D eigenvalue weighted by Crippen LogP contribution is 2.21. The summed E-state index contributed by atoms with van der Waals surface area (Å²) in [6.07, 6.45) is -2.04. The summed E-state index contributed by atoms with van der Waals surface area (Å²) in [4.78, 5) is 9.50. The number of hydrogen-bond acceptors (Lipinski definition) is 4. The normalized spacial score (nSPS) is 11.4. The average molecular weight is 248 g/mol. The number of rotatable bonds is 5. The maximum atomic E-state index is 12.1. The molecular formula is C10H15F3N4. The van der Waals surface area contributed by atoms with Gasteiger partial charge in [0.2, 0.25) is 0 Å². The molecule has 96 valence electrons. The summed E-state index contributed by atoms with van der Waals surface area (Å²) in [5, 5.41) is 2.95. The first-order valence-electron chi connectivity index (χ1n) is 5.26. The van der Waals surface area contributed by atoms with E-state index in [2.05, 4.69) is 15.3 Å². The molecule has 0 saturated heterocycles. The van der Waals surface area contributed by atoms with Crippen molar-refractivity contribution in [3.8, 4) is 0 Å². The molecule has 7 heteroatoms. The first-order valence-corrected chi connectivity index (χ1v) is 5.26. The first-order chi connectivity index (χ1) is 7.92. The van der Waals surface area contributed by atoms with Crippen molar-refractivity contribution < 1.29 is 13.2 Å². The maximum absolute atomic E-state index is 12.1. The molecular weight excluding hydrogens is 233 g/mol. The second-order valence-electron chi connectivity index (χ2n) is 3.58. The second-order valence-corrected chi connectivity index (χ2v) is 3.58. The van der Waals surface area contributed by atoms with Crippen molar-refractivity contribution in [2.45, 2.75) is 19.5 Å². The molecule has 17 heavy (non-hydrogen) atoms. The minimum absolute atomic E-state index is 0.131. The molecule has 0 amide bonds. The van der Waals surface area contributed by atoms with E-state index in [0.717, 1.165) is 0 Å². The molecule has 0 radical (unpaired) electrons. The van der Waals surface area contributed by atoms with Gasteiger partial charge in [0, 0.05) is 20.1 Å². The highest BCUT2D eigenvalue weighted by atomic mass is 19.4. The number of alkyl halides is 3. The largest absolute Gasteiger partial charge is 0.390 e. The Hall–Kier alpha value is -1.53. The Morgan fingerprint density at radius 2 is 2.06 bits per heavy atom. The van der Waals surface area contributed by atoms with Gasteiger partial charge in [-0.3, -0.25) is 4.98 Å². The Morgan fingerprint density at radius 3 is 2.65 bits per heavy atom. The van der Waals surface area contributed by atoms with Crippen LogP contribution in [-0.2, 0) is 0 Å². The van der Waals surface area contributed by atoms with E-state index in [4.69, 9.17) is 0 Å². The van der Waals surface area contributed by atoms with E-state index in [1.54, 1.807) is 7.05 Å². The van der Waals surface area contributed by atoms with Crippen molar-refractivity contribution in [2.75, 3.05) is 30.4 Å². The van der Waals surface area contributed by atoms with Crippen molar-refractivity contribution in [1.82, 2.24) is 9.97 Å². The number of anilines is 2. The lowest BCUT2D eigenvalue weighted by Gasteiger charge is -2.19.